The predicted molar refractivity (Wildman–Crippen MR) is 65.2 cm³/mol. The second kappa shape index (κ2) is 4.30. The minimum atomic E-state index is -0.0824. The van der Waals surface area contributed by atoms with E-state index in [1.165, 1.54) is 38.5 Å². The highest BCUT2D eigenvalue weighted by molar-refractivity contribution is 4.96. The minimum Gasteiger partial charge on any atom is -0.392 e. The molecule has 0 aromatic rings. The predicted octanol–water partition coefficient (Wildman–Crippen LogP) is 2.31. The maximum Gasteiger partial charge on any atom is 0.0693 e. The molecule has 3 fully saturated rings. The van der Waals surface area contributed by atoms with Gasteiger partial charge in [-0.2, -0.15) is 0 Å². The summed E-state index contributed by atoms with van der Waals surface area (Å²) in [6, 6.07) is 1.00. The quantitative estimate of drug-likeness (QED) is 0.769. The topological polar surface area (TPSA) is 32.3 Å². The van der Waals surface area contributed by atoms with Crippen molar-refractivity contribution in [2.75, 3.05) is 0 Å². The maximum absolute atomic E-state index is 9.85. The molecule has 3 rings (SSSR count). The molecule has 92 valence electrons. The van der Waals surface area contributed by atoms with Crippen molar-refractivity contribution in [3.63, 3.8) is 0 Å². The van der Waals surface area contributed by atoms with E-state index >= 15 is 0 Å². The summed E-state index contributed by atoms with van der Waals surface area (Å²) in [6.45, 7) is 2.34. The van der Waals surface area contributed by atoms with Crippen LogP contribution in [0.3, 0.4) is 0 Å². The van der Waals surface area contributed by atoms with Crippen LogP contribution < -0.4 is 5.32 Å². The van der Waals surface area contributed by atoms with E-state index in [1.807, 2.05) is 0 Å². The molecule has 3 saturated carbocycles. The zero-order chi connectivity index (χ0) is 11.1. The molecule has 2 bridgehead atoms. The largest absolute Gasteiger partial charge is 0.392 e. The van der Waals surface area contributed by atoms with Gasteiger partial charge in [-0.15, -0.1) is 0 Å². The molecule has 4 unspecified atom stereocenters. The van der Waals surface area contributed by atoms with Gasteiger partial charge in [0.2, 0.25) is 0 Å². The summed E-state index contributed by atoms with van der Waals surface area (Å²) in [4.78, 5) is 0. The maximum atomic E-state index is 9.85. The van der Waals surface area contributed by atoms with Crippen molar-refractivity contribution >= 4 is 0 Å². The summed E-state index contributed by atoms with van der Waals surface area (Å²) in [7, 11) is 0. The van der Waals surface area contributed by atoms with Crippen LogP contribution in [0.2, 0.25) is 0 Å². The monoisotopic (exact) mass is 223 g/mol. The van der Waals surface area contributed by atoms with Crippen LogP contribution in [-0.4, -0.2) is 23.3 Å². The molecule has 16 heavy (non-hydrogen) atoms. The van der Waals surface area contributed by atoms with Crippen LogP contribution in [0.1, 0.15) is 51.9 Å². The number of hydrogen-bond donors (Lipinski definition) is 2. The highest BCUT2D eigenvalue weighted by atomic mass is 16.3. The van der Waals surface area contributed by atoms with Crippen LogP contribution in [0.15, 0.2) is 0 Å². The fraction of sp³-hybridized carbons (Fsp3) is 1.00. The van der Waals surface area contributed by atoms with E-state index in [-0.39, 0.29) is 6.10 Å². The summed E-state index contributed by atoms with van der Waals surface area (Å²) in [5, 5.41) is 13.6. The molecule has 3 aliphatic carbocycles. The summed E-state index contributed by atoms with van der Waals surface area (Å²) in [5.74, 6) is 2.92. The van der Waals surface area contributed by atoms with E-state index in [0.717, 1.165) is 24.2 Å². The lowest BCUT2D eigenvalue weighted by atomic mass is 9.83. The first-order valence-electron chi connectivity index (χ1n) is 7.18. The third-order valence-electron chi connectivity index (χ3n) is 5.39. The molecule has 0 aromatic carbocycles. The SMILES string of the molecule is CC(N[C@H]1CCC[C@@H]1O)C1CC2CCC1C2. The second-order valence-corrected chi connectivity index (χ2v) is 6.40. The Morgan fingerprint density at radius 2 is 2.00 bits per heavy atom. The van der Waals surface area contributed by atoms with Gasteiger partial charge in [-0.3, -0.25) is 0 Å². The Balaban J connectivity index is 1.55. The summed E-state index contributed by atoms with van der Waals surface area (Å²) < 4.78 is 0. The van der Waals surface area contributed by atoms with Gasteiger partial charge in [-0.25, -0.2) is 0 Å². The molecular weight excluding hydrogens is 198 g/mol. The van der Waals surface area contributed by atoms with Crippen LogP contribution in [0.4, 0.5) is 0 Å². The van der Waals surface area contributed by atoms with Crippen molar-refractivity contribution in [3.05, 3.63) is 0 Å². The zero-order valence-corrected chi connectivity index (χ0v) is 10.4. The van der Waals surface area contributed by atoms with Crippen molar-refractivity contribution in [1.82, 2.24) is 5.32 Å². The molecule has 6 atom stereocenters. The van der Waals surface area contributed by atoms with Gasteiger partial charge in [0.25, 0.3) is 0 Å². The Labute approximate surface area is 98.8 Å². The normalized spacial score (nSPS) is 48.8. The summed E-state index contributed by atoms with van der Waals surface area (Å²) in [6.07, 6.45) is 9.18. The molecule has 0 spiro atoms. The van der Waals surface area contributed by atoms with Crippen molar-refractivity contribution < 1.29 is 5.11 Å². The lowest BCUT2D eigenvalue weighted by molar-refractivity contribution is 0.131. The van der Waals surface area contributed by atoms with Crippen molar-refractivity contribution in [1.29, 1.82) is 0 Å². The lowest BCUT2D eigenvalue weighted by Gasteiger charge is -2.31. The van der Waals surface area contributed by atoms with Gasteiger partial charge < -0.3 is 10.4 Å². The first kappa shape index (κ1) is 11.0. The van der Waals surface area contributed by atoms with Gasteiger partial charge in [-0.1, -0.05) is 6.42 Å². The van der Waals surface area contributed by atoms with Crippen molar-refractivity contribution in [3.8, 4) is 0 Å². The first-order chi connectivity index (χ1) is 7.74. The van der Waals surface area contributed by atoms with Crippen molar-refractivity contribution in [2.24, 2.45) is 17.8 Å². The molecule has 3 aliphatic rings. The van der Waals surface area contributed by atoms with E-state index in [9.17, 15) is 5.11 Å². The van der Waals surface area contributed by atoms with E-state index in [1.54, 1.807) is 0 Å². The van der Waals surface area contributed by atoms with Gasteiger partial charge >= 0.3 is 0 Å². The summed E-state index contributed by atoms with van der Waals surface area (Å²) >= 11 is 0. The Morgan fingerprint density at radius 3 is 2.56 bits per heavy atom. The second-order valence-electron chi connectivity index (χ2n) is 6.40. The number of hydrogen-bond acceptors (Lipinski definition) is 2. The Hall–Kier alpha value is -0.0800. The van der Waals surface area contributed by atoms with Gasteiger partial charge in [-0.05, 0) is 63.2 Å². The third kappa shape index (κ3) is 1.91. The van der Waals surface area contributed by atoms with Crippen molar-refractivity contribution in [2.45, 2.75) is 70.1 Å². The molecule has 2 N–H and O–H groups in total. The van der Waals surface area contributed by atoms with Gasteiger partial charge in [0.05, 0.1) is 6.10 Å². The van der Waals surface area contributed by atoms with Crippen LogP contribution >= 0.6 is 0 Å². The number of aliphatic hydroxyl groups is 1. The average molecular weight is 223 g/mol. The molecule has 0 aliphatic heterocycles. The van der Waals surface area contributed by atoms with Crippen LogP contribution in [0, 0.1) is 17.8 Å². The van der Waals surface area contributed by atoms with E-state index in [4.69, 9.17) is 0 Å². The molecule has 2 nitrogen and oxygen atoms in total. The Bertz CT molecular complexity index is 255. The minimum absolute atomic E-state index is 0.0824. The molecular formula is C14H25NO. The molecule has 2 heteroatoms. The number of nitrogens with one attached hydrogen (secondary N) is 1. The van der Waals surface area contributed by atoms with Crippen LogP contribution in [-0.2, 0) is 0 Å². The highest BCUT2D eigenvalue weighted by Gasteiger charge is 2.42. The van der Waals surface area contributed by atoms with E-state index < -0.39 is 0 Å². The van der Waals surface area contributed by atoms with E-state index in [2.05, 4.69) is 12.2 Å². The fourth-order valence-corrected chi connectivity index (χ4v) is 4.50. The molecule has 0 radical (unpaired) electrons. The molecule has 0 amide bonds. The van der Waals surface area contributed by atoms with Crippen LogP contribution in [0.25, 0.3) is 0 Å². The standard InChI is InChI=1S/C14H25NO/c1-9(15-13-3-2-4-14(13)16)12-8-10-5-6-11(12)7-10/h9-16H,2-8H2,1H3/t9?,10?,11?,12?,13-,14-/m0/s1. The summed E-state index contributed by atoms with van der Waals surface area (Å²) in [5.41, 5.74) is 0. The number of rotatable bonds is 3. The first-order valence-corrected chi connectivity index (χ1v) is 7.18. The molecule has 0 heterocycles. The fourth-order valence-electron chi connectivity index (χ4n) is 4.50. The smallest absolute Gasteiger partial charge is 0.0693 e. The third-order valence-corrected chi connectivity index (χ3v) is 5.39. The number of aliphatic hydroxyl groups excluding tert-OH is 1. The number of fused-ring (bicyclic) bond motifs is 2. The lowest BCUT2D eigenvalue weighted by Crippen LogP contribution is -2.45. The van der Waals surface area contributed by atoms with Gasteiger partial charge in [0.15, 0.2) is 0 Å². The average Bonchev–Trinajstić information content (AvgIpc) is 2.95. The Morgan fingerprint density at radius 1 is 1.12 bits per heavy atom. The molecule has 0 aromatic heterocycles. The van der Waals surface area contributed by atoms with Gasteiger partial charge in [0, 0.05) is 12.1 Å². The van der Waals surface area contributed by atoms with E-state index in [0.29, 0.717) is 12.1 Å². The highest BCUT2D eigenvalue weighted by Crippen LogP contribution is 2.49. The van der Waals surface area contributed by atoms with Crippen LogP contribution in [0.5, 0.6) is 0 Å². The Kier molecular flexibility index (Phi) is 2.97. The molecule has 0 saturated heterocycles. The van der Waals surface area contributed by atoms with Gasteiger partial charge in [0.1, 0.15) is 0 Å². The zero-order valence-electron chi connectivity index (χ0n) is 10.4.